The molecule has 0 saturated carbocycles. The van der Waals surface area contributed by atoms with Gasteiger partial charge in [0.05, 0.1) is 19.2 Å². The lowest BCUT2D eigenvalue weighted by atomic mass is 10.0. The highest BCUT2D eigenvalue weighted by molar-refractivity contribution is 5.81. The first kappa shape index (κ1) is 15.5. The molecule has 0 aliphatic rings. The van der Waals surface area contributed by atoms with Crippen LogP contribution in [0.1, 0.15) is 38.8 Å². The van der Waals surface area contributed by atoms with Crippen molar-refractivity contribution in [1.29, 1.82) is 0 Å². The lowest BCUT2D eigenvalue weighted by Gasteiger charge is -2.20. The quantitative estimate of drug-likeness (QED) is 0.828. The van der Waals surface area contributed by atoms with Crippen LogP contribution in [0.5, 0.6) is 5.75 Å². The van der Waals surface area contributed by atoms with Crippen LogP contribution in [-0.2, 0) is 4.79 Å². The molecule has 1 aromatic rings. The van der Waals surface area contributed by atoms with Crippen molar-refractivity contribution in [3.63, 3.8) is 0 Å². The number of nitrogens with one attached hydrogen (secondary N) is 1. The molecule has 2 atom stereocenters. The van der Waals surface area contributed by atoms with Crippen molar-refractivity contribution < 1.29 is 9.53 Å². The number of ether oxygens (including phenoxy) is 1. The summed E-state index contributed by atoms with van der Waals surface area (Å²) in [5.41, 5.74) is 6.83. The highest BCUT2D eigenvalue weighted by Gasteiger charge is 2.19. The second-order valence-electron chi connectivity index (χ2n) is 5.21. The maximum Gasteiger partial charge on any atom is 0.237 e. The molecule has 3 N–H and O–H groups in total. The van der Waals surface area contributed by atoms with Crippen LogP contribution in [0.2, 0.25) is 0 Å². The summed E-state index contributed by atoms with van der Waals surface area (Å²) >= 11 is 0. The predicted octanol–water partition coefficient (Wildman–Crippen LogP) is 2.25. The average Bonchev–Trinajstić information content (AvgIpc) is 2.37. The number of hydrogen-bond donors (Lipinski definition) is 2. The molecular formula is C15H24N2O2. The Bertz CT molecular complexity index is 418. The van der Waals surface area contributed by atoms with E-state index in [4.69, 9.17) is 10.5 Å². The summed E-state index contributed by atoms with van der Waals surface area (Å²) in [5.74, 6) is 1.06. The molecule has 4 nitrogen and oxygen atoms in total. The van der Waals surface area contributed by atoms with Crippen molar-refractivity contribution >= 4 is 5.91 Å². The summed E-state index contributed by atoms with van der Waals surface area (Å²) < 4.78 is 5.29. The van der Waals surface area contributed by atoms with Crippen LogP contribution < -0.4 is 15.8 Å². The first-order valence-corrected chi connectivity index (χ1v) is 6.64. The Labute approximate surface area is 115 Å². The van der Waals surface area contributed by atoms with Gasteiger partial charge < -0.3 is 15.8 Å². The molecule has 0 saturated heterocycles. The van der Waals surface area contributed by atoms with Gasteiger partial charge in [-0.3, -0.25) is 4.79 Å². The molecule has 0 aliphatic carbocycles. The molecule has 0 fully saturated rings. The van der Waals surface area contributed by atoms with Crippen molar-refractivity contribution in [1.82, 2.24) is 5.32 Å². The molecule has 0 bridgehead atoms. The number of benzene rings is 1. The van der Waals surface area contributed by atoms with E-state index in [0.29, 0.717) is 12.3 Å². The second kappa shape index (κ2) is 7.14. The number of hydrogen-bond acceptors (Lipinski definition) is 3. The van der Waals surface area contributed by atoms with Crippen LogP contribution in [0.15, 0.2) is 24.3 Å². The summed E-state index contributed by atoms with van der Waals surface area (Å²) in [7, 11) is 1.62. The number of methoxy groups -OCH3 is 1. The zero-order valence-corrected chi connectivity index (χ0v) is 12.1. The fraction of sp³-hybridized carbons (Fsp3) is 0.533. The summed E-state index contributed by atoms with van der Waals surface area (Å²) in [6, 6.07) is 7.07. The largest absolute Gasteiger partial charge is 0.496 e. The Hall–Kier alpha value is -1.55. The lowest BCUT2D eigenvalue weighted by molar-refractivity contribution is -0.123. The fourth-order valence-electron chi connectivity index (χ4n) is 2.04. The van der Waals surface area contributed by atoms with Crippen LogP contribution in [0.4, 0.5) is 0 Å². The predicted molar refractivity (Wildman–Crippen MR) is 77.0 cm³/mol. The van der Waals surface area contributed by atoms with Gasteiger partial charge in [-0.2, -0.15) is 0 Å². The Morgan fingerprint density at radius 1 is 1.32 bits per heavy atom. The van der Waals surface area contributed by atoms with Crippen LogP contribution in [0.25, 0.3) is 0 Å². The van der Waals surface area contributed by atoms with Crippen molar-refractivity contribution in [2.45, 2.75) is 39.3 Å². The van der Waals surface area contributed by atoms with Crippen molar-refractivity contribution in [3.05, 3.63) is 29.8 Å². The van der Waals surface area contributed by atoms with Crippen LogP contribution in [0.3, 0.4) is 0 Å². The van der Waals surface area contributed by atoms with E-state index in [9.17, 15) is 4.79 Å². The molecule has 106 valence electrons. The molecule has 0 radical (unpaired) electrons. The number of amides is 1. The third kappa shape index (κ3) is 4.56. The standard InChI is InChI=1S/C15H24N2O2/c1-10(2)9-13(16)15(18)17-11(3)12-7-5-6-8-14(12)19-4/h5-8,10-11,13H,9,16H2,1-4H3,(H,17,18)/t11-,13-/m1/s1. The highest BCUT2D eigenvalue weighted by atomic mass is 16.5. The van der Waals surface area contributed by atoms with E-state index < -0.39 is 6.04 Å². The normalized spacial score (nSPS) is 14.0. The fourth-order valence-corrected chi connectivity index (χ4v) is 2.04. The molecule has 0 heterocycles. The summed E-state index contributed by atoms with van der Waals surface area (Å²) in [6.45, 7) is 6.03. The van der Waals surface area contributed by atoms with E-state index in [1.165, 1.54) is 0 Å². The van der Waals surface area contributed by atoms with Crippen molar-refractivity contribution in [2.24, 2.45) is 11.7 Å². The van der Waals surface area contributed by atoms with E-state index in [0.717, 1.165) is 11.3 Å². The molecule has 1 rings (SSSR count). The highest BCUT2D eigenvalue weighted by Crippen LogP contribution is 2.24. The first-order valence-electron chi connectivity index (χ1n) is 6.64. The second-order valence-corrected chi connectivity index (χ2v) is 5.21. The SMILES string of the molecule is COc1ccccc1[C@@H](C)NC(=O)[C@H](N)CC(C)C. The van der Waals surface area contributed by atoms with Gasteiger partial charge in [-0.05, 0) is 25.3 Å². The minimum atomic E-state index is -0.461. The zero-order chi connectivity index (χ0) is 14.4. The zero-order valence-electron chi connectivity index (χ0n) is 12.1. The van der Waals surface area contributed by atoms with Gasteiger partial charge in [0.1, 0.15) is 5.75 Å². The van der Waals surface area contributed by atoms with Gasteiger partial charge in [0, 0.05) is 5.56 Å². The van der Waals surface area contributed by atoms with Gasteiger partial charge in [-0.25, -0.2) is 0 Å². The minimum absolute atomic E-state index is 0.118. The van der Waals surface area contributed by atoms with E-state index in [2.05, 4.69) is 19.2 Å². The van der Waals surface area contributed by atoms with Gasteiger partial charge in [-0.1, -0.05) is 32.0 Å². The summed E-state index contributed by atoms with van der Waals surface area (Å²) in [6.07, 6.45) is 0.685. The van der Waals surface area contributed by atoms with Gasteiger partial charge in [0.2, 0.25) is 5.91 Å². The number of carbonyl (C=O) groups is 1. The Balaban J connectivity index is 2.68. The van der Waals surface area contributed by atoms with Gasteiger partial charge in [0.25, 0.3) is 0 Å². The van der Waals surface area contributed by atoms with Crippen LogP contribution in [0, 0.1) is 5.92 Å². The van der Waals surface area contributed by atoms with Gasteiger partial charge >= 0.3 is 0 Å². The number of carbonyl (C=O) groups excluding carboxylic acids is 1. The molecule has 19 heavy (non-hydrogen) atoms. The van der Waals surface area contributed by atoms with E-state index in [1.54, 1.807) is 7.11 Å². The Kier molecular flexibility index (Phi) is 5.83. The average molecular weight is 264 g/mol. The monoisotopic (exact) mass is 264 g/mol. The third-order valence-corrected chi connectivity index (χ3v) is 3.03. The van der Waals surface area contributed by atoms with E-state index in [1.807, 2.05) is 31.2 Å². The number of para-hydroxylation sites is 1. The maximum absolute atomic E-state index is 12.0. The Morgan fingerprint density at radius 3 is 2.53 bits per heavy atom. The molecule has 1 aromatic carbocycles. The van der Waals surface area contributed by atoms with Crippen LogP contribution in [-0.4, -0.2) is 19.1 Å². The number of nitrogens with two attached hydrogens (primary N) is 1. The molecule has 0 aromatic heterocycles. The lowest BCUT2D eigenvalue weighted by Crippen LogP contribution is -2.42. The van der Waals surface area contributed by atoms with Gasteiger partial charge in [0.15, 0.2) is 0 Å². The molecule has 0 aliphatic heterocycles. The first-order chi connectivity index (χ1) is 8.95. The minimum Gasteiger partial charge on any atom is -0.496 e. The van der Waals surface area contributed by atoms with E-state index in [-0.39, 0.29) is 11.9 Å². The van der Waals surface area contributed by atoms with Crippen LogP contribution >= 0.6 is 0 Å². The third-order valence-electron chi connectivity index (χ3n) is 3.03. The molecule has 1 amide bonds. The summed E-state index contributed by atoms with van der Waals surface area (Å²) in [5, 5.41) is 2.93. The molecular weight excluding hydrogens is 240 g/mol. The maximum atomic E-state index is 12.0. The number of rotatable bonds is 6. The topological polar surface area (TPSA) is 64.3 Å². The molecule has 0 unspecified atom stereocenters. The van der Waals surface area contributed by atoms with E-state index >= 15 is 0 Å². The van der Waals surface area contributed by atoms with Gasteiger partial charge in [-0.15, -0.1) is 0 Å². The smallest absolute Gasteiger partial charge is 0.237 e. The Morgan fingerprint density at radius 2 is 1.95 bits per heavy atom. The molecule has 0 spiro atoms. The summed E-state index contributed by atoms with van der Waals surface area (Å²) in [4.78, 5) is 12.0. The van der Waals surface area contributed by atoms with Crippen molar-refractivity contribution in [3.8, 4) is 5.75 Å². The molecule has 4 heteroatoms. The van der Waals surface area contributed by atoms with Crippen molar-refractivity contribution in [2.75, 3.05) is 7.11 Å².